The molecule has 4 nitrogen and oxygen atoms in total. The Balaban J connectivity index is 1.22. The highest BCUT2D eigenvalue weighted by Gasteiger charge is 2.40. The Morgan fingerprint density at radius 2 is 1.83 bits per heavy atom. The number of fused-ring (bicyclic) bond motifs is 2. The molecule has 3 aliphatic rings. The van der Waals surface area contributed by atoms with E-state index in [2.05, 4.69) is 17.4 Å². The van der Waals surface area contributed by atoms with Crippen LogP contribution >= 0.6 is 11.8 Å². The van der Waals surface area contributed by atoms with E-state index in [1.165, 1.54) is 24.8 Å². The van der Waals surface area contributed by atoms with E-state index in [0.717, 1.165) is 24.3 Å². The van der Waals surface area contributed by atoms with E-state index in [1.54, 1.807) is 11.8 Å². The smallest absolute Gasteiger partial charge is 0.251 e. The van der Waals surface area contributed by atoms with Crippen molar-refractivity contribution in [3.05, 3.63) is 71.3 Å². The second kappa shape index (κ2) is 8.46. The number of benzene rings is 2. The van der Waals surface area contributed by atoms with Crippen LogP contribution in [0.15, 0.2) is 54.6 Å². The molecule has 2 aromatic rings. The molecule has 2 aliphatic carbocycles. The zero-order valence-electron chi connectivity index (χ0n) is 17.1. The third kappa shape index (κ3) is 4.00. The molecule has 1 N–H and O–H groups in total. The van der Waals surface area contributed by atoms with Crippen LogP contribution in [0.2, 0.25) is 0 Å². The molecule has 0 radical (unpaired) electrons. The van der Waals surface area contributed by atoms with Crippen LogP contribution in [0.4, 0.5) is 0 Å². The van der Waals surface area contributed by atoms with Crippen molar-refractivity contribution in [1.29, 1.82) is 0 Å². The molecule has 2 aromatic carbocycles. The van der Waals surface area contributed by atoms with E-state index in [9.17, 15) is 9.59 Å². The number of hydrogen-bond donors (Lipinski definition) is 1. The van der Waals surface area contributed by atoms with Crippen LogP contribution in [0.1, 0.15) is 52.5 Å². The first-order valence-corrected chi connectivity index (χ1v) is 12.1. The second-order valence-electron chi connectivity index (χ2n) is 8.86. The van der Waals surface area contributed by atoms with Gasteiger partial charge in [0.1, 0.15) is 5.37 Å². The van der Waals surface area contributed by atoms with Crippen LogP contribution in [0.3, 0.4) is 0 Å². The SMILES string of the molecule is O=C(N[C@@H]1C[C@@H]2CC[C@H]1C2)c1ccc([C@H]2SCC(=O)N2CCc2ccccc2)cc1. The first-order valence-electron chi connectivity index (χ1n) is 11.0. The van der Waals surface area contributed by atoms with Crippen molar-refractivity contribution in [2.45, 2.75) is 43.5 Å². The van der Waals surface area contributed by atoms with Crippen LogP contribution in [0, 0.1) is 11.8 Å². The van der Waals surface area contributed by atoms with Crippen LogP contribution in [0.25, 0.3) is 0 Å². The molecule has 1 heterocycles. The van der Waals surface area contributed by atoms with Gasteiger partial charge in [-0.3, -0.25) is 9.59 Å². The van der Waals surface area contributed by atoms with Gasteiger partial charge in [0.25, 0.3) is 5.91 Å². The molecule has 30 heavy (non-hydrogen) atoms. The highest BCUT2D eigenvalue weighted by Crippen LogP contribution is 2.44. The maximum absolute atomic E-state index is 12.7. The van der Waals surface area contributed by atoms with Gasteiger partial charge >= 0.3 is 0 Å². The minimum absolute atomic E-state index is 0.0314. The van der Waals surface area contributed by atoms with E-state index in [0.29, 0.717) is 29.8 Å². The molecule has 0 unspecified atom stereocenters. The quantitative estimate of drug-likeness (QED) is 0.753. The summed E-state index contributed by atoms with van der Waals surface area (Å²) >= 11 is 1.67. The maximum Gasteiger partial charge on any atom is 0.251 e. The summed E-state index contributed by atoms with van der Waals surface area (Å²) in [5.74, 6) is 2.25. The molecule has 1 saturated heterocycles. The number of carbonyl (C=O) groups excluding carboxylic acids is 2. The van der Waals surface area contributed by atoms with Crippen LogP contribution in [0.5, 0.6) is 0 Å². The molecular weight excluding hydrogens is 392 g/mol. The largest absolute Gasteiger partial charge is 0.349 e. The van der Waals surface area contributed by atoms with Crippen molar-refractivity contribution in [1.82, 2.24) is 10.2 Å². The average Bonchev–Trinajstić information content (AvgIpc) is 3.49. The van der Waals surface area contributed by atoms with E-state index in [4.69, 9.17) is 0 Å². The lowest BCUT2D eigenvalue weighted by Gasteiger charge is -2.25. The van der Waals surface area contributed by atoms with Crippen molar-refractivity contribution in [3.63, 3.8) is 0 Å². The Labute approximate surface area is 182 Å². The van der Waals surface area contributed by atoms with Gasteiger partial charge in [-0.05, 0) is 60.8 Å². The van der Waals surface area contributed by atoms with Gasteiger partial charge in [-0.15, -0.1) is 11.8 Å². The van der Waals surface area contributed by atoms with Crippen molar-refractivity contribution in [2.24, 2.45) is 11.8 Å². The minimum Gasteiger partial charge on any atom is -0.349 e. The molecule has 156 valence electrons. The Hall–Kier alpha value is -2.27. The highest BCUT2D eigenvalue weighted by atomic mass is 32.2. The summed E-state index contributed by atoms with van der Waals surface area (Å²) in [7, 11) is 0. The number of thioether (sulfide) groups is 1. The third-order valence-corrected chi connectivity index (χ3v) is 8.22. The Kier molecular flexibility index (Phi) is 5.55. The Morgan fingerprint density at radius 3 is 2.53 bits per heavy atom. The van der Waals surface area contributed by atoms with Crippen molar-refractivity contribution < 1.29 is 9.59 Å². The second-order valence-corrected chi connectivity index (χ2v) is 9.93. The normalized spacial score (nSPS) is 27.6. The van der Waals surface area contributed by atoms with Gasteiger partial charge in [-0.2, -0.15) is 0 Å². The molecule has 1 aliphatic heterocycles. The Bertz CT molecular complexity index is 915. The summed E-state index contributed by atoms with van der Waals surface area (Å²) in [5.41, 5.74) is 3.05. The van der Waals surface area contributed by atoms with Gasteiger partial charge < -0.3 is 10.2 Å². The lowest BCUT2D eigenvalue weighted by molar-refractivity contribution is -0.128. The fourth-order valence-electron chi connectivity index (χ4n) is 5.34. The molecule has 4 atom stereocenters. The van der Waals surface area contributed by atoms with Crippen molar-refractivity contribution >= 4 is 23.6 Å². The summed E-state index contributed by atoms with van der Waals surface area (Å²) < 4.78 is 0. The predicted molar refractivity (Wildman–Crippen MR) is 120 cm³/mol. The van der Waals surface area contributed by atoms with Crippen molar-refractivity contribution in [3.8, 4) is 0 Å². The van der Waals surface area contributed by atoms with E-state index in [-0.39, 0.29) is 17.2 Å². The van der Waals surface area contributed by atoms with Crippen LogP contribution in [-0.4, -0.2) is 35.1 Å². The lowest BCUT2D eigenvalue weighted by atomic mass is 9.95. The number of carbonyl (C=O) groups is 2. The zero-order valence-corrected chi connectivity index (χ0v) is 17.9. The molecule has 2 bridgehead atoms. The third-order valence-electron chi connectivity index (χ3n) is 6.96. The molecule has 2 amide bonds. The molecule has 3 fully saturated rings. The van der Waals surface area contributed by atoms with Gasteiger partial charge in [-0.1, -0.05) is 48.9 Å². The number of nitrogens with one attached hydrogen (secondary N) is 1. The molecular formula is C25H28N2O2S. The summed E-state index contributed by atoms with van der Waals surface area (Å²) in [5, 5.41) is 3.29. The molecule has 5 rings (SSSR count). The van der Waals surface area contributed by atoms with Crippen LogP contribution < -0.4 is 5.32 Å². The molecule has 2 saturated carbocycles. The van der Waals surface area contributed by atoms with Gasteiger partial charge in [-0.25, -0.2) is 0 Å². The maximum atomic E-state index is 12.7. The fourth-order valence-corrected chi connectivity index (χ4v) is 6.56. The van der Waals surface area contributed by atoms with E-state index < -0.39 is 0 Å². The summed E-state index contributed by atoms with van der Waals surface area (Å²) in [4.78, 5) is 27.1. The van der Waals surface area contributed by atoms with Crippen LogP contribution in [-0.2, 0) is 11.2 Å². The standard InChI is InChI=1S/C25H28N2O2S/c28-23-16-30-25(27(23)13-12-17-4-2-1-3-5-17)20-10-8-19(9-11-20)24(29)26-22-15-18-6-7-21(22)14-18/h1-5,8-11,18,21-22,25H,6-7,12-16H2,(H,26,29)/t18-,21+,22-,25-/m1/s1. The monoisotopic (exact) mass is 420 g/mol. The highest BCUT2D eigenvalue weighted by molar-refractivity contribution is 8.00. The molecule has 5 heteroatoms. The first-order chi connectivity index (χ1) is 14.7. The summed E-state index contributed by atoms with van der Waals surface area (Å²) in [6.07, 6.45) is 5.89. The average molecular weight is 421 g/mol. The number of rotatable bonds is 6. The summed E-state index contributed by atoms with van der Waals surface area (Å²) in [6.45, 7) is 0.715. The molecule has 0 aromatic heterocycles. The molecule has 0 spiro atoms. The van der Waals surface area contributed by atoms with Gasteiger partial charge in [0.05, 0.1) is 5.75 Å². The van der Waals surface area contributed by atoms with Gasteiger partial charge in [0.2, 0.25) is 5.91 Å². The predicted octanol–water partition coefficient (Wildman–Crippen LogP) is 4.42. The minimum atomic E-state index is 0.0314. The van der Waals surface area contributed by atoms with E-state index >= 15 is 0 Å². The van der Waals surface area contributed by atoms with Gasteiger partial charge in [0, 0.05) is 18.2 Å². The van der Waals surface area contributed by atoms with E-state index in [1.807, 2.05) is 47.4 Å². The van der Waals surface area contributed by atoms with Crippen molar-refractivity contribution in [2.75, 3.05) is 12.3 Å². The zero-order chi connectivity index (χ0) is 20.5. The topological polar surface area (TPSA) is 49.4 Å². The summed E-state index contributed by atoms with van der Waals surface area (Å²) in [6, 6.07) is 18.5. The number of hydrogen-bond acceptors (Lipinski definition) is 3. The number of nitrogens with zero attached hydrogens (tertiary/aromatic N) is 1. The number of amides is 2. The first kappa shape index (κ1) is 19.7. The van der Waals surface area contributed by atoms with Gasteiger partial charge in [0.15, 0.2) is 0 Å². The lowest BCUT2D eigenvalue weighted by Crippen LogP contribution is -2.38. The fraction of sp³-hybridized carbons (Fsp3) is 0.440. The Morgan fingerprint density at radius 1 is 1.03 bits per heavy atom.